The highest BCUT2D eigenvalue weighted by Gasteiger charge is 2.18. The number of rotatable bonds is 6. The Morgan fingerprint density at radius 1 is 0.964 bits per heavy atom. The van der Waals surface area contributed by atoms with Crippen LogP contribution in [0.15, 0.2) is 59.2 Å². The summed E-state index contributed by atoms with van der Waals surface area (Å²) in [5, 5.41) is 0. The topological polar surface area (TPSA) is 41.7 Å². The van der Waals surface area contributed by atoms with E-state index in [2.05, 4.69) is 46.0 Å². The van der Waals surface area contributed by atoms with Gasteiger partial charge in [0.1, 0.15) is 12.0 Å². The van der Waals surface area contributed by atoms with Crippen molar-refractivity contribution < 1.29 is 9.15 Å². The van der Waals surface area contributed by atoms with E-state index >= 15 is 0 Å². The molecule has 0 atom stereocenters. The van der Waals surface area contributed by atoms with Gasteiger partial charge in [-0.3, -0.25) is 9.80 Å². The van der Waals surface area contributed by atoms with Crippen LogP contribution in [0.25, 0.3) is 11.5 Å². The lowest BCUT2D eigenvalue weighted by molar-refractivity contribution is 0.121. The maximum absolute atomic E-state index is 5.69. The van der Waals surface area contributed by atoms with E-state index in [4.69, 9.17) is 9.15 Å². The van der Waals surface area contributed by atoms with Crippen molar-refractivity contribution in [2.24, 2.45) is 0 Å². The SMILES string of the molecule is COc1ccc(-c2nc(CN3CCN(Cc4cccc(C)c4)CC3)co2)cc1. The van der Waals surface area contributed by atoms with Gasteiger partial charge in [0.2, 0.25) is 5.89 Å². The molecule has 0 N–H and O–H groups in total. The van der Waals surface area contributed by atoms with Gasteiger partial charge < -0.3 is 9.15 Å². The van der Waals surface area contributed by atoms with E-state index in [-0.39, 0.29) is 0 Å². The maximum Gasteiger partial charge on any atom is 0.226 e. The van der Waals surface area contributed by atoms with Crippen molar-refractivity contribution >= 4 is 0 Å². The van der Waals surface area contributed by atoms with Crippen molar-refractivity contribution in [3.63, 3.8) is 0 Å². The van der Waals surface area contributed by atoms with Crippen LogP contribution in [-0.4, -0.2) is 48.1 Å². The fourth-order valence-corrected chi connectivity index (χ4v) is 3.65. The quantitative estimate of drug-likeness (QED) is 0.650. The van der Waals surface area contributed by atoms with Crippen molar-refractivity contribution in [2.75, 3.05) is 33.3 Å². The van der Waals surface area contributed by atoms with Crippen molar-refractivity contribution in [3.05, 3.63) is 71.6 Å². The second-order valence-corrected chi connectivity index (χ2v) is 7.41. The summed E-state index contributed by atoms with van der Waals surface area (Å²) in [6, 6.07) is 16.6. The second kappa shape index (κ2) is 8.59. The first-order chi connectivity index (χ1) is 13.7. The Hall–Kier alpha value is -2.63. The van der Waals surface area contributed by atoms with Gasteiger partial charge in [-0.2, -0.15) is 0 Å². The Bertz CT molecular complexity index is 896. The molecule has 0 radical (unpaired) electrons. The van der Waals surface area contributed by atoms with Crippen LogP contribution in [0.2, 0.25) is 0 Å². The molecule has 0 unspecified atom stereocenters. The molecule has 0 saturated carbocycles. The standard InChI is InChI=1S/C23H27N3O2/c1-18-4-3-5-19(14-18)15-25-10-12-26(13-11-25)16-21-17-28-23(24-21)20-6-8-22(27-2)9-7-20/h3-9,14,17H,10-13,15-16H2,1-2H3. The molecule has 0 bridgehead atoms. The largest absolute Gasteiger partial charge is 0.497 e. The Labute approximate surface area is 166 Å². The third kappa shape index (κ3) is 4.61. The lowest BCUT2D eigenvalue weighted by atomic mass is 10.1. The molecule has 28 heavy (non-hydrogen) atoms. The van der Waals surface area contributed by atoms with Gasteiger partial charge in [0, 0.05) is 44.8 Å². The first kappa shape index (κ1) is 18.7. The summed E-state index contributed by atoms with van der Waals surface area (Å²) in [6.45, 7) is 8.28. The summed E-state index contributed by atoms with van der Waals surface area (Å²) >= 11 is 0. The number of piperazine rings is 1. The average Bonchev–Trinajstić information content (AvgIpc) is 3.18. The van der Waals surface area contributed by atoms with Gasteiger partial charge in [0.25, 0.3) is 0 Å². The van der Waals surface area contributed by atoms with E-state index in [1.807, 2.05) is 24.3 Å². The van der Waals surface area contributed by atoms with Gasteiger partial charge in [-0.15, -0.1) is 0 Å². The molecule has 2 heterocycles. The molecule has 146 valence electrons. The minimum atomic E-state index is 0.663. The van der Waals surface area contributed by atoms with Crippen molar-refractivity contribution in [1.29, 1.82) is 0 Å². The van der Waals surface area contributed by atoms with Crippen molar-refractivity contribution in [1.82, 2.24) is 14.8 Å². The highest BCUT2D eigenvalue weighted by Crippen LogP contribution is 2.22. The zero-order valence-electron chi connectivity index (χ0n) is 16.6. The molecule has 5 nitrogen and oxygen atoms in total. The maximum atomic E-state index is 5.69. The summed E-state index contributed by atoms with van der Waals surface area (Å²) in [5.41, 5.74) is 4.68. The molecule has 3 aromatic rings. The van der Waals surface area contributed by atoms with E-state index in [1.165, 1.54) is 11.1 Å². The number of oxazole rings is 1. The number of nitrogens with zero attached hydrogens (tertiary/aromatic N) is 3. The number of hydrogen-bond acceptors (Lipinski definition) is 5. The highest BCUT2D eigenvalue weighted by molar-refractivity contribution is 5.54. The van der Waals surface area contributed by atoms with Crippen LogP contribution < -0.4 is 4.74 Å². The van der Waals surface area contributed by atoms with E-state index in [0.29, 0.717) is 5.89 Å². The van der Waals surface area contributed by atoms with E-state index < -0.39 is 0 Å². The van der Waals surface area contributed by atoms with Gasteiger partial charge in [-0.1, -0.05) is 29.8 Å². The predicted molar refractivity (Wildman–Crippen MR) is 110 cm³/mol. The zero-order chi connectivity index (χ0) is 19.3. The van der Waals surface area contributed by atoms with Crippen LogP contribution >= 0.6 is 0 Å². The summed E-state index contributed by atoms with van der Waals surface area (Å²) in [5.74, 6) is 1.50. The minimum Gasteiger partial charge on any atom is -0.497 e. The smallest absolute Gasteiger partial charge is 0.226 e. The minimum absolute atomic E-state index is 0.663. The summed E-state index contributed by atoms with van der Waals surface area (Å²) in [4.78, 5) is 9.64. The predicted octanol–water partition coefficient (Wildman–Crippen LogP) is 3.98. The summed E-state index contributed by atoms with van der Waals surface area (Å²) < 4.78 is 10.9. The zero-order valence-corrected chi connectivity index (χ0v) is 16.6. The Kier molecular flexibility index (Phi) is 5.74. The first-order valence-corrected chi connectivity index (χ1v) is 9.79. The average molecular weight is 377 g/mol. The number of aromatic nitrogens is 1. The third-order valence-electron chi connectivity index (χ3n) is 5.23. The Morgan fingerprint density at radius 3 is 2.36 bits per heavy atom. The van der Waals surface area contributed by atoms with Crippen LogP contribution in [0, 0.1) is 6.92 Å². The highest BCUT2D eigenvalue weighted by atomic mass is 16.5. The molecule has 1 saturated heterocycles. The van der Waals surface area contributed by atoms with Crippen LogP contribution in [-0.2, 0) is 13.1 Å². The van der Waals surface area contributed by atoms with Crippen LogP contribution in [0.4, 0.5) is 0 Å². The molecule has 0 spiro atoms. The van der Waals surface area contributed by atoms with E-state index in [0.717, 1.165) is 56.3 Å². The molecule has 4 rings (SSSR count). The number of methoxy groups -OCH3 is 1. The number of hydrogen-bond donors (Lipinski definition) is 0. The van der Waals surface area contributed by atoms with Gasteiger partial charge in [0.15, 0.2) is 0 Å². The van der Waals surface area contributed by atoms with Crippen molar-refractivity contribution in [2.45, 2.75) is 20.0 Å². The lowest BCUT2D eigenvalue weighted by Gasteiger charge is -2.34. The van der Waals surface area contributed by atoms with Crippen LogP contribution in [0.1, 0.15) is 16.8 Å². The Balaban J connectivity index is 1.29. The molecule has 1 aromatic heterocycles. The lowest BCUT2D eigenvalue weighted by Crippen LogP contribution is -2.45. The molecule has 5 heteroatoms. The molecular weight excluding hydrogens is 350 g/mol. The monoisotopic (exact) mass is 377 g/mol. The molecule has 1 aliphatic rings. The van der Waals surface area contributed by atoms with Crippen LogP contribution in [0.5, 0.6) is 5.75 Å². The molecular formula is C23H27N3O2. The van der Waals surface area contributed by atoms with Crippen molar-refractivity contribution in [3.8, 4) is 17.2 Å². The van der Waals surface area contributed by atoms with Gasteiger partial charge >= 0.3 is 0 Å². The molecule has 0 aliphatic carbocycles. The summed E-state index contributed by atoms with van der Waals surface area (Å²) in [7, 11) is 1.67. The molecule has 0 amide bonds. The molecule has 2 aromatic carbocycles. The van der Waals surface area contributed by atoms with Gasteiger partial charge in [-0.25, -0.2) is 4.98 Å². The second-order valence-electron chi connectivity index (χ2n) is 7.41. The molecule has 1 aliphatic heterocycles. The number of ether oxygens (including phenoxy) is 1. The first-order valence-electron chi connectivity index (χ1n) is 9.79. The third-order valence-corrected chi connectivity index (χ3v) is 5.23. The Morgan fingerprint density at radius 2 is 1.68 bits per heavy atom. The van der Waals surface area contributed by atoms with Crippen LogP contribution in [0.3, 0.4) is 0 Å². The van der Waals surface area contributed by atoms with Gasteiger partial charge in [0.05, 0.1) is 12.8 Å². The number of benzene rings is 2. The fourth-order valence-electron chi connectivity index (χ4n) is 3.65. The normalized spacial score (nSPS) is 15.6. The van der Waals surface area contributed by atoms with Gasteiger partial charge in [-0.05, 0) is 36.8 Å². The fraction of sp³-hybridized carbons (Fsp3) is 0.348. The van der Waals surface area contributed by atoms with E-state index in [1.54, 1.807) is 13.4 Å². The summed E-state index contributed by atoms with van der Waals surface area (Å²) in [6.07, 6.45) is 1.78. The number of aryl methyl sites for hydroxylation is 1. The van der Waals surface area contributed by atoms with E-state index in [9.17, 15) is 0 Å². The molecule has 1 fully saturated rings.